The minimum atomic E-state index is -0.975. The maximum atomic E-state index is 11.8. The number of esters is 1. The van der Waals surface area contributed by atoms with Crippen molar-refractivity contribution in [2.45, 2.75) is 32.3 Å². The van der Waals surface area contributed by atoms with Crippen LogP contribution in [-0.4, -0.2) is 42.5 Å². The van der Waals surface area contributed by atoms with Crippen LogP contribution in [0.2, 0.25) is 0 Å². The largest absolute Gasteiger partial charge is 0.465 e. The number of carbonyl (C=O) groups is 1. The van der Waals surface area contributed by atoms with Crippen LogP contribution in [0.3, 0.4) is 0 Å². The third kappa shape index (κ3) is 2.93. The summed E-state index contributed by atoms with van der Waals surface area (Å²) in [4.78, 5) is 16.1. The summed E-state index contributed by atoms with van der Waals surface area (Å²) in [7, 11) is 0. The van der Waals surface area contributed by atoms with E-state index in [1.807, 2.05) is 0 Å². The molecule has 2 rings (SSSR count). The SMILES string of the molecule is CCOC(=O)C(C)(C)c1nc(C2COCCO2)no1. The Kier molecular flexibility index (Phi) is 4.16. The number of hydrogen-bond donors (Lipinski definition) is 0. The van der Waals surface area contributed by atoms with Gasteiger partial charge in [0.2, 0.25) is 11.7 Å². The van der Waals surface area contributed by atoms with Gasteiger partial charge in [0.1, 0.15) is 11.5 Å². The topological polar surface area (TPSA) is 83.7 Å². The zero-order valence-electron chi connectivity index (χ0n) is 11.3. The van der Waals surface area contributed by atoms with Gasteiger partial charge in [-0.05, 0) is 20.8 Å². The van der Waals surface area contributed by atoms with E-state index in [4.69, 9.17) is 18.7 Å². The van der Waals surface area contributed by atoms with E-state index in [9.17, 15) is 4.79 Å². The first-order valence-corrected chi connectivity index (χ1v) is 6.26. The Morgan fingerprint density at radius 3 is 2.89 bits per heavy atom. The number of hydrogen-bond acceptors (Lipinski definition) is 7. The fraction of sp³-hybridized carbons (Fsp3) is 0.750. The highest BCUT2D eigenvalue weighted by molar-refractivity contribution is 5.80. The molecule has 0 amide bonds. The van der Waals surface area contributed by atoms with Gasteiger partial charge >= 0.3 is 5.97 Å². The number of ether oxygens (including phenoxy) is 3. The van der Waals surface area contributed by atoms with Gasteiger partial charge in [-0.15, -0.1) is 0 Å². The average Bonchev–Trinajstić information content (AvgIpc) is 2.90. The number of nitrogens with zero attached hydrogens (tertiary/aromatic N) is 2. The normalized spacial score (nSPS) is 20.3. The number of rotatable bonds is 4. The lowest BCUT2D eigenvalue weighted by atomic mass is 9.94. The van der Waals surface area contributed by atoms with Crippen molar-refractivity contribution in [1.29, 1.82) is 0 Å². The van der Waals surface area contributed by atoms with Crippen molar-refractivity contribution in [3.8, 4) is 0 Å². The molecule has 0 aromatic carbocycles. The van der Waals surface area contributed by atoms with Gasteiger partial charge in [0.15, 0.2) is 0 Å². The minimum Gasteiger partial charge on any atom is -0.465 e. The van der Waals surface area contributed by atoms with Gasteiger partial charge in [0.25, 0.3) is 0 Å². The van der Waals surface area contributed by atoms with Crippen molar-refractivity contribution >= 4 is 5.97 Å². The van der Waals surface area contributed by atoms with Crippen LogP contribution in [0.5, 0.6) is 0 Å². The minimum absolute atomic E-state index is 0.218. The van der Waals surface area contributed by atoms with Gasteiger partial charge in [0.05, 0.1) is 26.4 Å². The Labute approximate surface area is 111 Å². The van der Waals surface area contributed by atoms with E-state index in [0.29, 0.717) is 32.3 Å². The van der Waals surface area contributed by atoms with Crippen molar-refractivity contribution in [2.75, 3.05) is 26.4 Å². The molecule has 1 aromatic heterocycles. The van der Waals surface area contributed by atoms with Crippen LogP contribution in [0.4, 0.5) is 0 Å². The summed E-state index contributed by atoms with van der Waals surface area (Å²) in [5, 5.41) is 3.85. The van der Waals surface area contributed by atoms with E-state index in [1.165, 1.54) is 0 Å². The Hall–Kier alpha value is -1.47. The third-order valence-corrected chi connectivity index (χ3v) is 2.87. The number of carbonyl (C=O) groups excluding carboxylic acids is 1. The fourth-order valence-corrected chi connectivity index (χ4v) is 1.66. The summed E-state index contributed by atoms with van der Waals surface area (Å²) in [6, 6.07) is 0. The molecule has 2 heterocycles. The van der Waals surface area contributed by atoms with Crippen LogP contribution >= 0.6 is 0 Å². The van der Waals surface area contributed by atoms with Gasteiger partial charge in [-0.25, -0.2) is 0 Å². The molecular weight excluding hydrogens is 252 g/mol. The molecule has 1 unspecified atom stereocenters. The molecule has 0 aliphatic carbocycles. The molecule has 0 saturated carbocycles. The lowest BCUT2D eigenvalue weighted by Crippen LogP contribution is -2.31. The summed E-state index contributed by atoms with van der Waals surface area (Å²) in [6.07, 6.45) is -0.343. The predicted molar refractivity (Wildman–Crippen MR) is 63.5 cm³/mol. The molecule has 19 heavy (non-hydrogen) atoms. The molecule has 0 N–H and O–H groups in total. The Bertz CT molecular complexity index is 437. The lowest BCUT2D eigenvalue weighted by Gasteiger charge is -2.20. The summed E-state index contributed by atoms with van der Waals surface area (Å²) in [6.45, 7) is 6.87. The molecule has 1 aliphatic rings. The van der Waals surface area contributed by atoms with Crippen molar-refractivity contribution in [1.82, 2.24) is 10.1 Å². The molecule has 7 heteroatoms. The van der Waals surface area contributed by atoms with Crippen LogP contribution in [0.25, 0.3) is 0 Å². The van der Waals surface area contributed by atoms with Crippen molar-refractivity contribution in [3.63, 3.8) is 0 Å². The first kappa shape index (κ1) is 14.0. The second-order valence-corrected chi connectivity index (χ2v) is 4.74. The molecule has 7 nitrogen and oxygen atoms in total. The highest BCUT2D eigenvalue weighted by Gasteiger charge is 2.38. The quantitative estimate of drug-likeness (QED) is 0.754. The highest BCUT2D eigenvalue weighted by atomic mass is 16.6. The first-order chi connectivity index (χ1) is 9.05. The van der Waals surface area contributed by atoms with E-state index in [2.05, 4.69) is 10.1 Å². The zero-order chi connectivity index (χ0) is 13.9. The Morgan fingerprint density at radius 1 is 1.47 bits per heavy atom. The molecule has 0 bridgehead atoms. The summed E-state index contributed by atoms with van der Waals surface area (Å²) in [5.41, 5.74) is -0.975. The van der Waals surface area contributed by atoms with Crippen LogP contribution in [0.15, 0.2) is 4.52 Å². The van der Waals surface area contributed by atoms with Crippen LogP contribution in [-0.2, 0) is 24.4 Å². The maximum Gasteiger partial charge on any atom is 0.321 e. The summed E-state index contributed by atoms with van der Waals surface area (Å²) >= 11 is 0. The van der Waals surface area contributed by atoms with Gasteiger partial charge in [-0.2, -0.15) is 4.98 Å². The fourth-order valence-electron chi connectivity index (χ4n) is 1.66. The van der Waals surface area contributed by atoms with Crippen molar-refractivity contribution in [2.24, 2.45) is 0 Å². The maximum absolute atomic E-state index is 11.8. The molecule has 1 saturated heterocycles. The second-order valence-electron chi connectivity index (χ2n) is 4.74. The first-order valence-electron chi connectivity index (χ1n) is 6.26. The van der Waals surface area contributed by atoms with Gasteiger partial charge in [-0.1, -0.05) is 5.16 Å². The standard InChI is InChI=1S/C12H18N2O5/c1-4-17-11(15)12(2,3)10-13-9(14-19-10)8-7-16-5-6-18-8/h8H,4-7H2,1-3H3. The molecule has 0 radical (unpaired) electrons. The van der Waals surface area contributed by atoms with E-state index in [1.54, 1.807) is 20.8 Å². The molecular formula is C12H18N2O5. The zero-order valence-corrected chi connectivity index (χ0v) is 11.3. The van der Waals surface area contributed by atoms with Crippen LogP contribution in [0.1, 0.15) is 38.6 Å². The smallest absolute Gasteiger partial charge is 0.321 e. The Morgan fingerprint density at radius 2 is 2.26 bits per heavy atom. The van der Waals surface area contributed by atoms with Crippen molar-refractivity contribution in [3.05, 3.63) is 11.7 Å². The third-order valence-electron chi connectivity index (χ3n) is 2.87. The summed E-state index contributed by atoms with van der Waals surface area (Å²) < 4.78 is 20.9. The monoisotopic (exact) mass is 270 g/mol. The number of aromatic nitrogens is 2. The van der Waals surface area contributed by atoms with E-state index < -0.39 is 11.4 Å². The van der Waals surface area contributed by atoms with Crippen LogP contribution in [0, 0.1) is 0 Å². The van der Waals surface area contributed by atoms with E-state index >= 15 is 0 Å². The average molecular weight is 270 g/mol. The van der Waals surface area contributed by atoms with Crippen LogP contribution < -0.4 is 0 Å². The molecule has 1 atom stereocenters. The summed E-state index contributed by atoms with van der Waals surface area (Å²) in [5.74, 6) is 0.216. The molecule has 1 fully saturated rings. The molecule has 1 aromatic rings. The predicted octanol–water partition coefficient (Wildman–Crippen LogP) is 0.998. The lowest BCUT2D eigenvalue weighted by molar-refractivity contribution is -0.149. The second kappa shape index (κ2) is 5.66. The molecule has 1 aliphatic heterocycles. The van der Waals surface area contributed by atoms with Crippen molar-refractivity contribution < 1.29 is 23.5 Å². The van der Waals surface area contributed by atoms with Gasteiger partial charge < -0.3 is 18.7 Å². The molecule has 106 valence electrons. The van der Waals surface area contributed by atoms with Gasteiger partial charge in [-0.3, -0.25) is 4.79 Å². The van der Waals surface area contributed by atoms with E-state index in [0.717, 1.165) is 0 Å². The molecule has 0 spiro atoms. The highest BCUT2D eigenvalue weighted by Crippen LogP contribution is 2.26. The van der Waals surface area contributed by atoms with Gasteiger partial charge in [0, 0.05) is 0 Å². The Balaban J connectivity index is 2.13. The van der Waals surface area contributed by atoms with E-state index in [-0.39, 0.29) is 12.0 Å².